The lowest BCUT2D eigenvalue weighted by Gasteiger charge is -2.38. The first-order chi connectivity index (χ1) is 7.15. The maximum atomic E-state index is 8.81. The van der Waals surface area contributed by atoms with E-state index in [1.165, 1.54) is 38.8 Å². The molecule has 0 aromatic rings. The van der Waals surface area contributed by atoms with Gasteiger partial charge >= 0.3 is 0 Å². The summed E-state index contributed by atoms with van der Waals surface area (Å²) in [5, 5.41) is 8.81. The summed E-state index contributed by atoms with van der Waals surface area (Å²) < 4.78 is 0. The maximum Gasteiger partial charge on any atom is 0.0628 e. The highest BCUT2D eigenvalue weighted by atomic mass is 15.2. The molecule has 2 fully saturated rings. The second-order valence-corrected chi connectivity index (χ2v) is 5.78. The standard InChI is InChI=1S/C13H22N2/c1-11-3-8-15(12(2)9-11)10-13(4-5-13)6-7-14/h11-12H,3-6,8-10H2,1-2H3. The van der Waals surface area contributed by atoms with Gasteiger partial charge in [0.1, 0.15) is 0 Å². The van der Waals surface area contributed by atoms with Gasteiger partial charge in [-0.25, -0.2) is 0 Å². The summed E-state index contributed by atoms with van der Waals surface area (Å²) in [6.45, 7) is 7.12. The first-order valence-corrected chi connectivity index (χ1v) is 6.26. The van der Waals surface area contributed by atoms with Crippen molar-refractivity contribution in [3.05, 3.63) is 0 Å². The molecule has 0 radical (unpaired) electrons. The Morgan fingerprint density at radius 1 is 1.40 bits per heavy atom. The predicted molar refractivity (Wildman–Crippen MR) is 61.3 cm³/mol. The van der Waals surface area contributed by atoms with Crippen LogP contribution in [0.15, 0.2) is 0 Å². The van der Waals surface area contributed by atoms with Crippen LogP contribution in [0.5, 0.6) is 0 Å². The van der Waals surface area contributed by atoms with E-state index in [0.717, 1.165) is 18.4 Å². The van der Waals surface area contributed by atoms with E-state index in [0.29, 0.717) is 5.41 Å². The number of likely N-dealkylation sites (tertiary alicyclic amines) is 1. The van der Waals surface area contributed by atoms with Gasteiger partial charge in [0.2, 0.25) is 0 Å². The number of nitrogens with zero attached hydrogens (tertiary/aromatic N) is 2. The smallest absolute Gasteiger partial charge is 0.0628 e. The van der Waals surface area contributed by atoms with E-state index < -0.39 is 0 Å². The molecule has 0 N–H and O–H groups in total. The minimum absolute atomic E-state index is 0.392. The SMILES string of the molecule is CC1CCN(CC2(CC#N)CC2)C(C)C1. The second kappa shape index (κ2) is 4.14. The molecule has 1 saturated carbocycles. The average Bonchev–Trinajstić information content (AvgIpc) is 2.91. The predicted octanol–water partition coefficient (Wildman–Crippen LogP) is 2.80. The Balaban J connectivity index is 1.87. The molecule has 2 aliphatic rings. The zero-order valence-electron chi connectivity index (χ0n) is 10.00. The Labute approximate surface area is 93.3 Å². The van der Waals surface area contributed by atoms with Gasteiger partial charge in [-0.3, -0.25) is 0 Å². The van der Waals surface area contributed by atoms with Crippen LogP contribution < -0.4 is 0 Å². The van der Waals surface area contributed by atoms with Crippen LogP contribution in [-0.4, -0.2) is 24.0 Å². The molecule has 2 heteroatoms. The summed E-state index contributed by atoms with van der Waals surface area (Å²) in [4.78, 5) is 2.62. The third kappa shape index (κ3) is 2.52. The molecular weight excluding hydrogens is 184 g/mol. The lowest BCUT2D eigenvalue weighted by atomic mass is 9.91. The van der Waals surface area contributed by atoms with Crippen molar-refractivity contribution in [3.63, 3.8) is 0 Å². The Bertz CT molecular complexity index is 262. The van der Waals surface area contributed by atoms with Gasteiger partial charge in [0.25, 0.3) is 0 Å². The molecule has 0 bridgehead atoms. The van der Waals surface area contributed by atoms with Crippen molar-refractivity contribution in [2.24, 2.45) is 11.3 Å². The van der Waals surface area contributed by atoms with Gasteiger partial charge < -0.3 is 4.90 Å². The van der Waals surface area contributed by atoms with Crippen molar-refractivity contribution >= 4 is 0 Å². The van der Waals surface area contributed by atoms with Crippen molar-refractivity contribution in [1.82, 2.24) is 4.90 Å². The lowest BCUT2D eigenvalue weighted by Crippen LogP contribution is -2.43. The summed E-state index contributed by atoms with van der Waals surface area (Å²) in [5.74, 6) is 0.891. The average molecular weight is 206 g/mol. The fraction of sp³-hybridized carbons (Fsp3) is 0.923. The van der Waals surface area contributed by atoms with Crippen molar-refractivity contribution < 1.29 is 0 Å². The van der Waals surface area contributed by atoms with Crippen LogP contribution >= 0.6 is 0 Å². The summed E-state index contributed by atoms with van der Waals surface area (Å²) >= 11 is 0. The number of hydrogen-bond donors (Lipinski definition) is 0. The highest BCUT2D eigenvalue weighted by molar-refractivity contribution is 5.02. The minimum atomic E-state index is 0.392. The zero-order valence-corrected chi connectivity index (χ0v) is 10.00. The van der Waals surface area contributed by atoms with Gasteiger partial charge in [-0.1, -0.05) is 6.92 Å². The molecule has 2 rings (SSSR count). The molecule has 2 atom stereocenters. The molecule has 84 valence electrons. The Morgan fingerprint density at radius 2 is 2.13 bits per heavy atom. The molecule has 0 aromatic carbocycles. The molecule has 2 unspecified atom stereocenters. The van der Waals surface area contributed by atoms with Crippen LogP contribution in [0.2, 0.25) is 0 Å². The van der Waals surface area contributed by atoms with Crippen molar-refractivity contribution in [1.29, 1.82) is 5.26 Å². The molecule has 0 spiro atoms. The quantitative estimate of drug-likeness (QED) is 0.710. The molecule has 2 nitrogen and oxygen atoms in total. The Morgan fingerprint density at radius 3 is 2.67 bits per heavy atom. The molecular formula is C13H22N2. The number of hydrogen-bond acceptors (Lipinski definition) is 2. The fourth-order valence-corrected chi connectivity index (χ4v) is 2.86. The van der Waals surface area contributed by atoms with E-state index in [1.54, 1.807) is 0 Å². The van der Waals surface area contributed by atoms with Gasteiger partial charge in [0.05, 0.1) is 6.07 Å². The van der Waals surface area contributed by atoms with Crippen LogP contribution in [0.4, 0.5) is 0 Å². The molecule has 0 amide bonds. The van der Waals surface area contributed by atoms with E-state index >= 15 is 0 Å². The van der Waals surface area contributed by atoms with Gasteiger partial charge in [0.15, 0.2) is 0 Å². The summed E-state index contributed by atoms with van der Waals surface area (Å²) in [6, 6.07) is 3.08. The van der Waals surface area contributed by atoms with Crippen LogP contribution in [0.25, 0.3) is 0 Å². The summed E-state index contributed by atoms with van der Waals surface area (Å²) in [7, 11) is 0. The first-order valence-electron chi connectivity index (χ1n) is 6.26. The van der Waals surface area contributed by atoms with E-state index in [9.17, 15) is 0 Å². The van der Waals surface area contributed by atoms with Crippen LogP contribution in [0, 0.1) is 22.7 Å². The fourth-order valence-electron chi connectivity index (χ4n) is 2.86. The highest BCUT2D eigenvalue weighted by Crippen LogP contribution is 2.49. The second-order valence-electron chi connectivity index (χ2n) is 5.78. The lowest BCUT2D eigenvalue weighted by molar-refractivity contribution is 0.104. The van der Waals surface area contributed by atoms with Gasteiger partial charge in [-0.05, 0) is 50.5 Å². The highest BCUT2D eigenvalue weighted by Gasteiger charge is 2.44. The normalized spacial score (nSPS) is 34.7. The Hall–Kier alpha value is -0.550. The van der Waals surface area contributed by atoms with Crippen molar-refractivity contribution in [2.75, 3.05) is 13.1 Å². The largest absolute Gasteiger partial charge is 0.300 e. The van der Waals surface area contributed by atoms with Crippen LogP contribution in [0.1, 0.15) is 46.0 Å². The van der Waals surface area contributed by atoms with Gasteiger partial charge in [0, 0.05) is 19.0 Å². The van der Waals surface area contributed by atoms with E-state index in [4.69, 9.17) is 5.26 Å². The third-order valence-corrected chi connectivity index (χ3v) is 4.23. The molecule has 1 aliphatic heterocycles. The van der Waals surface area contributed by atoms with Crippen LogP contribution in [0.3, 0.4) is 0 Å². The number of piperidine rings is 1. The summed E-state index contributed by atoms with van der Waals surface area (Å²) in [6.07, 6.45) is 6.00. The number of rotatable bonds is 3. The van der Waals surface area contributed by atoms with E-state index in [2.05, 4.69) is 24.8 Å². The topological polar surface area (TPSA) is 27.0 Å². The monoisotopic (exact) mass is 206 g/mol. The molecule has 1 aliphatic carbocycles. The summed E-state index contributed by atoms with van der Waals surface area (Å²) in [5.41, 5.74) is 0.392. The number of nitriles is 1. The van der Waals surface area contributed by atoms with Crippen molar-refractivity contribution in [3.8, 4) is 6.07 Å². The third-order valence-electron chi connectivity index (χ3n) is 4.23. The van der Waals surface area contributed by atoms with Gasteiger partial charge in [-0.15, -0.1) is 0 Å². The van der Waals surface area contributed by atoms with Crippen molar-refractivity contribution in [2.45, 2.75) is 52.0 Å². The van der Waals surface area contributed by atoms with E-state index in [1.807, 2.05) is 0 Å². The molecule has 0 aromatic heterocycles. The van der Waals surface area contributed by atoms with Crippen LogP contribution in [-0.2, 0) is 0 Å². The maximum absolute atomic E-state index is 8.81. The first kappa shape index (κ1) is 11.0. The van der Waals surface area contributed by atoms with Gasteiger partial charge in [-0.2, -0.15) is 5.26 Å². The minimum Gasteiger partial charge on any atom is -0.300 e. The zero-order chi connectivity index (χ0) is 10.9. The Kier molecular flexibility index (Phi) is 3.02. The van der Waals surface area contributed by atoms with E-state index in [-0.39, 0.29) is 0 Å². The molecule has 1 heterocycles. The molecule has 1 saturated heterocycles. The molecule has 15 heavy (non-hydrogen) atoms.